The van der Waals surface area contributed by atoms with Gasteiger partial charge in [0.1, 0.15) is 5.01 Å². The zero-order valence-corrected chi connectivity index (χ0v) is 18.7. The first kappa shape index (κ1) is 25.6. The van der Waals surface area contributed by atoms with Crippen LogP contribution in [0.2, 0.25) is 0 Å². The molecule has 2 heterocycles. The molecule has 0 fully saturated rings. The van der Waals surface area contributed by atoms with Crippen molar-refractivity contribution in [3.8, 4) is 16.6 Å². The predicted molar refractivity (Wildman–Crippen MR) is 113 cm³/mol. The Morgan fingerprint density at radius 3 is 2.03 bits per heavy atom. The minimum absolute atomic E-state index is 0.0149. The van der Waals surface area contributed by atoms with Crippen LogP contribution in [-0.4, -0.2) is 9.55 Å². The molecule has 2 aromatic carbocycles. The Balaban J connectivity index is 1.77. The highest BCUT2D eigenvalue weighted by Crippen LogP contribution is 2.41. The summed E-state index contributed by atoms with van der Waals surface area (Å²) in [6.07, 6.45) is -13.6. The van der Waals surface area contributed by atoms with Gasteiger partial charge < -0.3 is 4.57 Å². The number of alkyl halides is 9. The molecule has 4 aromatic rings. The molecule has 0 amide bonds. The fraction of sp³-hybridized carbons (Fsp3) is 0.217. The monoisotopic (exact) mass is 533 g/mol. The molecule has 0 unspecified atom stereocenters. The van der Waals surface area contributed by atoms with E-state index in [0.29, 0.717) is 22.7 Å². The molecule has 188 valence electrons. The summed E-state index contributed by atoms with van der Waals surface area (Å²) >= 11 is 0.816. The first-order valence-corrected chi connectivity index (χ1v) is 10.8. The van der Waals surface area contributed by atoms with Crippen molar-refractivity contribution in [1.29, 1.82) is 5.26 Å². The van der Waals surface area contributed by atoms with Gasteiger partial charge in [-0.2, -0.15) is 44.8 Å². The van der Waals surface area contributed by atoms with Crippen LogP contribution in [0.3, 0.4) is 0 Å². The highest BCUT2D eigenvalue weighted by Gasteiger charge is 2.38. The lowest BCUT2D eigenvalue weighted by Crippen LogP contribution is -2.11. The van der Waals surface area contributed by atoms with Gasteiger partial charge in [-0.25, -0.2) is 4.98 Å². The molecule has 13 heteroatoms. The van der Waals surface area contributed by atoms with Crippen molar-refractivity contribution in [3.05, 3.63) is 75.4 Å². The van der Waals surface area contributed by atoms with Crippen LogP contribution in [0.4, 0.5) is 39.5 Å². The molecule has 0 aliphatic carbocycles. The van der Waals surface area contributed by atoms with E-state index in [2.05, 4.69) is 4.98 Å². The summed E-state index contributed by atoms with van der Waals surface area (Å²) in [7, 11) is 0. The Morgan fingerprint density at radius 1 is 0.889 bits per heavy atom. The number of rotatable bonds is 3. The zero-order chi connectivity index (χ0) is 26.6. The third kappa shape index (κ3) is 4.77. The van der Waals surface area contributed by atoms with Gasteiger partial charge in [-0.15, -0.1) is 11.3 Å². The summed E-state index contributed by atoms with van der Waals surface area (Å²) in [4.78, 5) is 4.34. The van der Waals surface area contributed by atoms with Gasteiger partial charge in [-0.1, -0.05) is 0 Å². The summed E-state index contributed by atoms with van der Waals surface area (Å²) in [5, 5.41) is 8.79. The summed E-state index contributed by atoms with van der Waals surface area (Å²) in [6.45, 7) is 1.50. The van der Waals surface area contributed by atoms with Crippen LogP contribution in [0, 0.1) is 18.3 Å². The van der Waals surface area contributed by atoms with E-state index in [1.165, 1.54) is 35.9 Å². The normalized spacial score (nSPS) is 12.8. The summed E-state index contributed by atoms with van der Waals surface area (Å²) in [6, 6.07) is 6.32. The number of nitriles is 1. The topological polar surface area (TPSA) is 41.6 Å². The highest BCUT2D eigenvalue weighted by atomic mass is 32.1. The molecule has 36 heavy (non-hydrogen) atoms. The fourth-order valence-electron chi connectivity index (χ4n) is 3.82. The second-order valence-electron chi connectivity index (χ2n) is 7.83. The molecule has 0 saturated carbocycles. The number of hydrogen-bond donors (Lipinski definition) is 0. The summed E-state index contributed by atoms with van der Waals surface area (Å²) in [5.41, 5.74) is -4.42. The third-order valence-electron chi connectivity index (χ3n) is 5.40. The molecule has 0 bridgehead atoms. The number of nitrogens with zero attached hydrogens (tertiary/aromatic N) is 3. The lowest BCUT2D eigenvalue weighted by atomic mass is 10.0. The average Bonchev–Trinajstić information content (AvgIpc) is 3.35. The van der Waals surface area contributed by atoms with Crippen molar-refractivity contribution in [3.63, 3.8) is 0 Å². The minimum Gasteiger partial charge on any atom is -0.340 e. The standard InChI is InChI=1S/C23H12F9N3S/c1-11-4-17-18(3-2-12(8-33)19(17)23(30,31)32)35(11)10-16-9-34-20(36-16)13-5-14(21(24,25)26)7-15(6-13)22(27,28)29/h2-7,9H,10H2,1H3. The Morgan fingerprint density at radius 2 is 1.50 bits per heavy atom. The SMILES string of the molecule is Cc1cc2c(C(F)(F)F)c(C#N)ccc2n1Cc1cnc(-c2cc(C(F)(F)F)cc(C(F)(F)F)c2)s1. The maximum atomic E-state index is 13.6. The van der Waals surface area contributed by atoms with Crippen molar-refractivity contribution in [1.82, 2.24) is 9.55 Å². The van der Waals surface area contributed by atoms with Gasteiger partial charge in [0.25, 0.3) is 0 Å². The lowest BCUT2D eigenvalue weighted by Gasteiger charge is -2.13. The van der Waals surface area contributed by atoms with Crippen LogP contribution in [0.25, 0.3) is 21.5 Å². The molecular formula is C23H12F9N3S. The molecule has 2 aromatic heterocycles. The van der Waals surface area contributed by atoms with Crippen LogP contribution >= 0.6 is 11.3 Å². The highest BCUT2D eigenvalue weighted by molar-refractivity contribution is 7.15. The lowest BCUT2D eigenvalue weighted by molar-refractivity contribution is -0.143. The van der Waals surface area contributed by atoms with E-state index in [9.17, 15) is 39.5 Å². The van der Waals surface area contributed by atoms with Crippen molar-refractivity contribution < 1.29 is 39.5 Å². The van der Waals surface area contributed by atoms with Crippen LogP contribution in [-0.2, 0) is 25.1 Å². The molecule has 0 spiro atoms. The molecule has 4 rings (SSSR count). The van der Waals surface area contributed by atoms with E-state index in [1.54, 1.807) is 0 Å². The quantitative estimate of drug-likeness (QED) is 0.250. The Hall–Kier alpha value is -3.53. The Bertz CT molecular complexity index is 1470. The minimum atomic E-state index is -5.02. The number of thiazole rings is 1. The smallest absolute Gasteiger partial charge is 0.340 e. The predicted octanol–water partition coefficient (Wildman–Crippen LogP) is 8.05. The van der Waals surface area contributed by atoms with Gasteiger partial charge in [0.2, 0.25) is 0 Å². The largest absolute Gasteiger partial charge is 0.418 e. The van der Waals surface area contributed by atoms with Crippen molar-refractivity contribution in [2.24, 2.45) is 0 Å². The van der Waals surface area contributed by atoms with E-state index in [-0.39, 0.29) is 34.1 Å². The second kappa shape index (κ2) is 8.55. The number of fused-ring (bicyclic) bond motifs is 1. The molecule has 0 radical (unpaired) electrons. The Labute approximate surface area is 201 Å². The first-order valence-electron chi connectivity index (χ1n) is 9.94. The van der Waals surface area contributed by atoms with Crippen LogP contribution < -0.4 is 0 Å². The molecule has 0 aliphatic rings. The first-order chi connectivity index (χ1) is 16.6. The van der Waals surface area contributed by atoms with E-state index >= 15 is 0 Å². The van der Waals surface area contributed by atoms with Crippen LogP contribution in [0.15, 0.2) is 42.6 Å². The number of halogens is 9. The molecule has 0 atom stereocenters. The molecule has 0 aliphatic heterocycles. The number of aromatic nitrogens is 2. The zero-order valence-electron chi connectivity index (χ0n) is 17.9. The van der Waals surface area contributed by atoms with Crippen molar-refractivity contribution in [2.45, 2.75) is 32.0 Å². The van der Waals surface area contributed by atoms with E-state index in [1.807, 2.05) is 0 Å². The maximum absolute atomic E-state index is 13.6. The van der Waals surface area contributed by atoms with Crippen molar-refractivity contribution >= 4 is 22.2 Å². The number of benzene rings is 2. The summed E-state index contributed by atoms with van der Waals surface area (Å²) < 4.78 is 121. The van der Waals surface area contributed by atoms with Crippen LogP contribution in [0.1, 0.15) is 32.8 Å². The van der Waals surface area contributed by atoms with E-state index in [0.717, 1.165) is 17.4 Å². The van der Waals surface area contributed by atoms with Crippen molar-refractivity contribution in [2.75, 3.05) is 0 Å². The fourth-order valence-corrected chi connectivity index (χ4v) is 4.71. The van der Waals surface area contributed by atoms with E-state index in [4.69, 9.17) is 5.26 Å². The number of hydrogen-bond acceptors (Lipinski definition) is 3. The summed E-state index contributed by atoms with van der Waals surface area (Å²) in [5.74, 6) is 0. The van der Waals surface area contributed by atoms with Gasteiger partial charge in [0.05, 0.1) is 34.9 Å². The van der Waals surface area contributed by atoms with Gasteiger partial charge in [-0.3, -0.25) is 0 Å². The average molecular weight is 533 g/mol. The number of aryl methyl sites for hydroxylation is 1. The molecule has 0 saturated heterocycles. The molecule has 0 N–H and O–H groups in total. The van der Waals surface area contributed by atoms with E-state index < -0.39 is 40.8 Å². The van der Waals surface area contributed by atoms with Gasteiger partial charge in [0.15, 0.2) is 0 Å². The maximum Gasteiger partial charge on any atom is 0.418 e. The Kier molecular flexibility index (Phi) is 6.07. The molecular weight excluding hydrogens is 521 g/mol. The van der Waals surface area contributed by atoms with Gasteiger partial charge in [0, 0.05) is 33.2 Å². The van der Waals surface area contributed by atoms with Crippen LogP contribution in [0.5, 0.6) is 0 Å². The second-order valence-corrected chi connectivity index (χ2v) is 8.94. The molecule has 3 nitrogen and oxygen atoms in total. The third-order valence-corrected chi connectivity index (χ3v) is 6.43. The van der Waals surface area contributed by atoms with Gasteiger partial charge in [-0.05, 0) is 43.3 Å². The van der Waals surface area contributed by atoms with Gasteiger partial charge >= 0.3 is 18.5 Å².